The molecule has 1 fully saturated rings. The van der Waals surface area contributed by atoms with E-state index in [0.717, 1.165) is 30.7 Å². The van der Waals surface area contributed by atoms with E-state index in [0.29, 0.717) is 19.6 Å². The van der Waals surface area contributed by atoms with Crippen LogP contribution in [0.3, 0.4) is 0 Å². The van der Waals surface area contributed by atoms with Crippen LogP contribution in [0.4, 0.5) is 0 Å². The van der Waals surface area contributed by atoms with E-state index >= 15 is 0 Å². The van der Waals surface area contributed by atoms with Gasteiger partial charge in [-0.2, -0.15) is 0 Å². The molecular weight excluding hydrogens is 284 g/mol. The van der Waals surface area contributed by atoms with E-state index in [2.05, 4.69) is 20.6 Å². The standard InChI is InChI=1S/C15H24N4O3/c1-11-12(18-10-17-11)8-14(21)16-9-15(5-3-6-15)19-13(20)4-7-22-2/h10H,3-9H2,1-2H3,(H,16,21)(H,17,18)(H,19,20). The lowest BCUT2D eigenvalue weighted by molar-refractivity contribution is -0.126. The van der Waals surface area contributed by atoms with Gasteiger partial charge in [-0.05, 0) is 26.2 Å². The van der Waals surface area contributed by atoms with Crippen molar-refractivity contribution in [2.45, 2.75) is 44.6 Å². The van der Waals surface area contributed by atoms with Crippen LogP contribution in [0.2, 0.25) is 0 Å². The van der Waals surface area contributed by atoms with Crippen molar-refractivity contribution in [3.05, 3.63) is 17.7 Å². The number of H-pyrrole nitrogens is 1. The Morgan fingerprint density at radius 3 is 2.73 bits per heavy atom. The van der Waals surface area contributed by atoms with Crippen LogP contribution in [0.25, 0.3) is 0 Å². The lowest BCUT2D eigenvalue weighted by Gasteiger charge is -2.42. The number of hydrogen-bond acceptors (Lipinski definition) is 4. The summed E-state index contributed by atoms with van der Waals surface area (Å²) in [4.78, 5) is 30.9. The molecule has 1 aliphatic rings. The average Bonchev–Trinajstić information content (AvgIpc) is 2.84. The van der Waals surface area contributed by atoms with Gasteiger partial charge in [-0.25, -0.2) is 4.98 Å². The molecule has 0 bridgehead atoms. The van der Waals surface area contributed by atoms with Crippen LogP contribution >= 0.6 is 0 Å². The Hall–Kier alpha value is -1.89. The lowest BCUT2D eigenvalue weighted by atomic mass is 9.76. The van der Waals surface area contributed by atoms with Gasteiger partial charge in [-0.15, -0.1) is 0 Å². The van der Waals surface area contributed by atoms with Crippen molar-refractivity contribution in [3.8, 4) is 0 Å². The number of hydrogen-bond donors (Lipinski definition) is 3. The normalized spacial score (nSPS) is 15.9. The SMILES string of the molecule is COCCC(=O)NC1(CNC(=O)Cc2nc[nH]c2C)CCC1. The molecule has 122 valence electrons. The number of nitrogens with one attached hydrogen (secondary N) is 3. The number of rotatable bonds is 8. The number of aromatic nitrogens is 2. The zero-order valence-electron chi connectivity index (χ0n) is 13.2. The monoisotopic (exact) mass is 308 g/mol. The third kappa shape index (κ3) is 4.30. The second-order valence-electron chi connectivity index (χ2n) is 5.85. The Morgan fingerprint density at radius 1 is 1.41 bits per heavy atom. The highest BCUT2D eigenvalue weighted by atomic mass is 16.5. The summed E-state index contributed by atoms with van der Waals surface area (Å²) in [6, 6.07) is 0. The van der Waals surface area contributed by atoms with Gasteiger partial charge in [0.05, 0.1) is 30.6 Å². The molecule has 1 saturated carbocycles. The number of ether oxygens (including phenoxy) is 1. The van der Waals surface area contributed by atoms with E-state index in [4.69, 9.17) is 4.74 Å². The summed E-state index contributed by atoms with van der Waals surface area (Å²) in [6.07, 6.45) is 5.04. The van der Waals surface area contributed by atoms with Crippen molar-refractivity contribution in [1.29, 1.82) is 0 Å². The number of aryl methyl sites for hydroxylation is 1. The fraction of sp³-hybridized carbons (Fsp3) is 0.667. The van der Waals surface area contributed by atoms with Crippen molar-refractivity contribution >= 4 is 11.8 Å². The highest BCUT2D eigenvalue weighted by molar-refractivity contribution is 5.79. The van der Waals surface area contributed by atoms with Crippen LogP contribution in [0, 0.1) is 6.92 Å². The molecule has 22 heavy (non-hydrogen) atoms. The summed E-state index contributed by atoms with van der Waals surface area (Å²) in [5.74, 6) is -0.105. The van der Waals surface area contributed by atoms with E-state index in [1.165, 1.54) is 0 Å². The highest BCUT2D eigenvalue weighted by Gasteiger charge is 2.38. The predicted molar refractivity (Wildman–Crippen MR) is 81.3 cm³/mol. The first-order valence-corrected chi connectivity index (χ1v) is 7.60. The first-order chi connectivity index (χ1) is 10.5. The summed E-state index contributed by atoms with van der Waals surface area (Å²) in [5, 5.41) is 5.95. The number of amides is 2. The van der Waals surface area contributed by atoms with Crippen LogP contribution < -0.4 is 10.6 Å². The second kappa shape index (κ2) is 7.40. The van der Waals surface area contributed by atoms with E-state index < -0.39 is 0 Å². The topological polar surface area (TPSA) is 96.1 Å². The molecule has 0 saturated heterocycles. The van der Waals surface area contributed by atoms with E-state index in [1.54, 1.807) is 13.4 Å². The molecule has 1 aromatic rings. The van der Waals surface area contributed by atoms with E-state index in [9.17, 15) is 9.59 Å². The van der Waals surface area contributed by atoms with Gasteiger partial charge in [0.25, 0.3) is 0 Å². The maximum Gasteiger partial charge on any atom is 0.226 e. The Bertz CT molecular complexity index is 523. The highest BCUT2D eigenvalue weighted by Crippen LogP contribution is 2.31. The fourth-order valence-corrected chi connectivity index (χ4v) is 2.55. The molecular formula is C15H24N4O3. The number of imidazole rings is 1. The molecule has 1 aromatic heterocycles. The van der Waals surface area contributed by atoms with Gasteiger partial charge < -0.3 is 20.4 Å². The van der Waals surface area contributed by atoms with Crippen LogP contribution in [0.5, 0.6) is 0 Å². The van der Waals surface area contributed by atoms with Crippen molar-refractivity contribution in [3.63, 3.8) is 0 Å². The van der Waals surface area contributed by atoms with Gasteiger partial charge >= 0.3 is 0 Å². The minimum Gasteiger partial charge on any atom is -0.384 e. The summed E-state index contributed by atoms with van der Waals surface area (Å²) in [7, 11) is 1.57. The molecule has 0 unspecified atom stereocenters. The summed E-state index contributed by atoms with van der Waals surface area (Å²) in [6.45, 7) is 2.76. The Labute approximate surface area is 130 Å². The number of methoxy groups -OCH3 is 1. The third-order valence-electron chi connectivity index (χ3n) is 4.13. The molecule has 1 aliphatic carbocycles. The predicted octanol–water partition coefficient (Wildman–Crippen LogP) is 0.452. The van der Waals surface area contributed by atoms with Gasteiger partial charge in [0.15, 0.2) is 0 Å². The van der Waals surface area contributed by atoms with Crippen molar-refractivity contribution in [2.75, 3.05) is 20.3 Å². The Balaban J connectivity index is 1.79. The quantitative estimate of drug-likeness (QED) is 0.650. The summed E-state index contributed by atoms with van der Waals surface area (Å²) >= 11 is 0. The smallest absolute Gasteiger partial charge is 0.226 e. The number of aromatic amines is 1. The van der Waals surface area contributed by atoms with Gasteiger partial charge in [0, 0.05) is 25.8 Å². The number of carbonyl (C=O) groups excluding carboxylic acids is 2. The number of nitrogens with zero attached hydrogens (tertiary/aromatic N) is 1. The maximum absolute atomic E-state index is 12.0. The number of carbonyl (C=O) groups is 2. The van der Waals surface area contributed by atoms with Crippen LogP contribution in [0.15, 0.2) is 6.33 Å². The molecule has 0 aromatic carbocycles. The molecule has 0 spiro atoms. The zero-order valence-corrected chi connectivity index (χ0v) is 13.2. The van der Waals surface area contributed by atoms with Crippen LogP contribution in [-0.4, -0.2) is 47.6 Å². The average molecular weight is 308 g/mol. The molecule has 0 atom stereocenters. The van der Waals surface area contributed by atoms with Gasteiger partial charge in [-0.1, -0.05) is 0 Å². The van der Waals surface area contributed by atoms with E-state index in [1.807, 2.05) is 6.92 Å². The Morgan fingerprint density at radius 2 is 2.18 bits per heavy atom. The van der Waals surface area contributed by atoms with Crippen LogP contribution in [0.1, 0.15) is 37.1 Å². The second-order valence-corrected chi connectivity index (χ2v) is 5.85. The zero-order chi connectivity index (χ0) is 16.0. The lowest BCUT2D eigenvalue weighted by Crippen LogP contribution is -2.60. The first kappa shape index (κ1) is 16.5. The molecule has 2 rings (SSSR count). The van der Waals surface area contributed by atoms with Crippen molar-refractivity contribution < 1.29 is 14.3 Å². The molecule has 0 radical (unpaired) electrons. The maximum atomic E-state index is 12.0. The van der Waals surface area contributed by atoms with Crippen molar-refractivity contribution in [1.82, 2.24) is 20.6 Å². The minimum absolute atomic E-state index is 0.0288. The molecule has 2 amide bonds. The largest absolute Gasteiger partial charge is 0.384 e. The minimum atomic E-state index is -0.291. The molecule has 7 nitrogen and oxygen atoms in total. The molecule has 1 heterocycles. The van der Waals surface area contributed by atoms with Gasteiger partial charge in [0.1, 0.15) is 0 Å². The molecule has 3 N–H and O–H groups in total. The fourth-order valence-electron chi connectivity index (χ4n) is 2.55. The van der Waals surface area contributed by atoms with Gasteiger partial charge in [0.2, 0.25) is 11.8 Å². The van der Waals surface area contributed by atoms with Crippen LogP contribution in [-0.2, 0) is 20.7 Å². The molecule has 7 heteroatoms. The summed E-state index contributed by atoms with van der Waals surface area (Å²) < 4.78 is 4.91. The first-order valence-electron chi connectivity index (χ1n) is 7.60. The summed E-state index contributed by atoms with van der Waals surface area (Å²) in [5.41, 5.74) is 1.37. The van der Waals surface area contributed by atoms with Gasteiger partial charge in [-0.3, -0.25) is 9.59 Å². The molecule has 0 aliphatic heterocycles. The van der Waals surface area contributed by atoms with E-state index in [-0.39, 0.29) is 23.8 Å². The Kier molecular flexibility index (Phi) is 5.54. The van der Waals surface area contributed by atoms with Crippen molar-refractivity contribution in [2.24, 2.45) is 0 Å². The third-order valence-corrected chi connectivity index (χ3v) is 4.13.